The Balaban J connectivity index is 1.40. The highest BCUT2D eigenvalue weighted by Crippen LogP contribution is 2.31. The van der Waals surface area contributed by atoms with Crippen molar-refractivity contribution in [3.8, 4) is 11.3 Å². The second kappa shape index (κ2) is 9.01. The average Bonchev–Trinajstić information content (AvgIpc) is 3.44. The molecule has 0 saturated carbocycles. The van der Waals surface area contributed by atoms with Gasteiger partial charge in [-0.05, 0) is 48.9 Å². The zero-order valence-electron chi connectivity index (χ0n) is 18.4. The molecule has 1 aromatic carbocycles. The largest absolute Gasteiger partial charge is 0.460 e. The number of imidazole rings is 1. The summed E-state index contributed by atoms with van der Waals surface area (Å²) in [4.78, 5) is 22.0. The molecular weight excluding hydrogens is 400 g/mol. The number of aromatic nitrogens is 3. The molecule has 3 aromatic heterocycles. The summed E-state index contributed by atoms with van der Waals surface area (Å²) in [5, 5.41) is 0. The predicted molar refractivity (Wildman–Crippen MR) is 124 cm³/mol. The molecule has 0 fully saturated rings. The highest BCUT2D eigenvalue weighted by atomic mass is 16.3. The topological polar surface area (TPSA) is 67.1 Å². The van der Waals surface area contributed by atoms with Crippen LogP contribution in [0.4, 0.5) is 0 Å². The fourth-order valence-corrected chi connectivity index (χ4v) is 4.57. The third-order valence-corrected chi connectivity index (χ3v) is 6.26. The molecule has 164 valence electrons. The number of pyridine rings is 1. The van der Waals surface area contributed by atoms with Gasteiger partial charge in [0.1, 0.15) is 17.3 Å². The average molecular weight is 429 g/mol. The fourth-order valence-electron chi connectivity index (χ4n) is 4.57. The number of aromatic amines is 1. The maximum Gasteiger partial charge on any atom is 0.251 e. The quantitative estimate of drug-likeness (QED) is 0.472. The van der Waals surface area contributed by atoms with Crippen LogP contribution < -0.4 is 5.56 Å². The van der Waals surface area contributed by atoms with Crippen LogP contribution in [0.5, 0.6) is 0 Å². The van der Waals surface area contributed by atoms with Gasteiger partial charge in [0.15, 0.2) is 0 Å². The van der Waals surface area contributed by atoms with Gasteiger partial charge in [-0.1, -0.05) is 30.3 Å². The number of H-pyrrole nitrogens is 1. The number of hydrogen-bond donors (Lipinski definition) is 1. The second-order valence-electron chi connectivity index (χ2n) is 8.55. The lowest BCUT2D eigenvalue weighted by molar-refractivity contribution is 0.220. The summed E-state index contributed by atoms with van der Waals surface area (Å²) >= 11 is 0. The number of aryl methyl sites for hydroxylation is 1. The molecule has 0 saturated heterocycles. The highest BCUT2D eigenvalue weighted by molar-refractivity contribution is 5.63. The maximum atomic E-state index is 12.2. The number of nitrogens with one attached hydrogen (secondary N) is 1. The van der Waals surface area contributed by atoms with Crippen LogP contribution in [0.25, 0.3) is 11.3 Å². The van der Waals surface area contributed by atoms with Gasteiger partial charge >= 0.3 is 0 Å². The first-order chi connectivity index (χ1) is 15.7. The van der Waals surface area contributed by atoms with Crippen molar-refractivity contribution in [1.82, 2.24) is 19.4 Å². The Bertz CT molecular complexity index is 1250. The van der Waals surface area contributed by atoms with Crippen molar-refractivity contribution in [2.45, 2.75) is 45.3 Å². The van der Waals surface area contributed by atoms with Gasteiger partial charge in [-0.2, -0.15) is 0 Å². The minimum absolute atomic E-state index is 0.0410. The fraction of sp³-hybridized carbons (Fsp3) is 0.308. The molecule has 0 spiro atoms. The molecule has 1 N–H and O–H groups in total. The van der Waals surface area contributed by atoms with Crippen LogP contribution >= 0.6 is 0 Å². The van der Waals surface area contributed by atoms with Gasteiger partial charge in [0, 0.05) is 43.3 Å². The van der Waals surface area contributed by atoms with E-state index in [2.05, 4.69) is 43.7 Å². The standard InChI is InChI=1S/C26H28N4O2/c1-29-14-13-27-25(29)18-30(16-19-7-3-2-4-8-19)17-20-11-12-24(32-20)23-15-28-26(31)22-10-6-5-9-21(22)23/h2-4,7-8,11-15H,5-6,9-10,16-18H2,1H3,(H,28,31). The summed E-state index contributed by atoms with van der Waals surface area (Å²) in [5.74, 6) is 2.74. The molecular formula is C26H28N4O2. The third-order valence-electron chi connectivity index (χ3n) is 6.26. The van der Waals surface area contributed by atoms with Gasteiger partial charge in [-0.15, -0.1) is 0 Å². The molecule has 1 aliphatic carbocycles. The first-order valence-electron chi connectivity index (χ1n) is 11.2. The van der Waals surface area contributed by atoms with Crippen LogP contribution in [0, 0.1) is 0 Å². The van der Waals surface area contributed by atoms with Gasteiger partial charge in [0.2, 0.25) is 0 Å². The number of fused-ring (bicyclic) bond motifs is 1. The van der Waals surface area contributed by atoms with Gasteiger partial charge in [0.05, 0.1) is 13.1 Å². The smallest absolute Gasteiger partial charge is 0.251 e. The van der Waals surface area contributed by atoms with Crippen LogP contribution in [0.3, 0.4) is 0 Å². The number of benzene rings is 1. The molecule has 0 unspecified atom stereocenters. The van der Waals surface area contributed by atoms with E-state index in [1.165, 1.54) is 5.56 Å². The Labute approximate surface area is 187 Å². The van der Waals surface area contributed by atoms with Crippen molar-refractivity contribution in [1.29, 1.82) is 0 Å². The van der Waals surface area contributed by atoms with Gasteiger partial charge in [0.25, 0.3) is 5.56 Å². The normalized spacial score (nSPS) is 13.4. The predicted octanol–water partition coefficient (Wildman–Crippen LogP) is 4.45. The summed E-state index contributed by atoms with van der Waals surface area (Å²) < 4.78 is 8.36. The third kappa shape index (κ3) is 4.32. The first kappa shape index (κ1) is 20.5. The van der Waals surface area contributed by atoms with Gasteiger partial charge in [-0.25, -0.2) is 4.98 Å². The van der Waals surface area contributed by atoms with E-state index in [1.807, 2.05) is 43.8 Å². The Morgan fingerprint density at radius 2 is 1.84 bits per heavy atom. The van der Waals surface area contributed by atoms with Gasteiger partial charge < -0.3 is 14.0 Å². The Morgan fingerprint density at radius 1 is 1.03 bits per heavy atom. The van der Waals surface area contributed by atoms with Gasteiger partial charge in [-0.3, -0.25) is 9.69 Å². The van der Waals surface area contributed by atoms with E-state index in [4.69, 9.17) is 4.42 Å². The molecule has 0 aliphatic heterocycles. The lowest BCUT2D eigenvalue weighted by Crippen LogP contribution is -2.23. The molecule has 32 heavy (non-hydrogen) atoms. The summed E-state index contributed by atoms with van der Waals surface area (Å²) in [5.41, 5.74) is 4.38. The number of rotatable bonds is 7. The molecule has 0 radical (unpaired) electrons. The van der Waals surface area contributed by atoms with Crippen LogP contribution in [0.2, 0.25) is 0 Å². The van der Waals surface area contributed by atoms with Crippen molar-refractivity contribution < 1.29 is 4.42 Å². The maximum absolute atomic E-state index is 12.2. The zero-order valence-corrected chi connectivity index (χ0v) is 18.4. The Kier molecular flexibility index (Phi) is 5.77. The molecule has 0 bridgehead atoms. The van der Waals surface area contributed by atoms with Crippen molar-refractivity contribution in [2.75, 3.05) is 0 Å². The highest BCUT2D eigenvalue weighted by Gasteiger charge is 2.20. The Morgan fingerprint density at radius 3 is 2.62 bits per heavy atom. The van der Waals surface area contributed by atoms with Crippen molar-refractivity contribution in [2.24, 2.45) is 7.05 Å². The Hall–Kier alpha value is -3.38. The number of nitrogens with zero attached hydrogens (tertiary/aromatic N) is 3. The zero-order chi connectivity index (χ0) is 21.9. The van der Waals surface area contributed by atoms with Crippen LogP contribution in [0.15, 0.2) is 70.3 Å². The summed E-state index contributed by atoms with van der Waals surface area (Å²) in [7, 11) is 2.02. The summed E-state index contributed by atoms with van der Waals surface area (Å²) in [6.45, 7) is 2.20. The van der Waals surface area contributed by atoms with E-state index in [0.29, 0.717) is 6.54 Å². The molecule has 1 aliphatic rings. The second-order valence-corrected chi connectivity index (χ2v) is 8.55. The summed E-state index contributed by atoms with van der Waals surface area (Å²) in [6, 6.07) is 14.5. The van der Waals surface area contributed by atoms with Crippen LogP contribution in [-0.2, 0) is 39.5 Å². The lowest BCUT2D eigenvalue weighted by atomic mass is 9.89. The van der Waals surface area contributed by atoms with Crippen LogP contribution in [0.1, 0.15) is 41.1 Å². The minimum Gasteiger partial charge on any atom is -0.460 e. The summed E-state index contributed by atoms with van der Waals surface area (Å²) in [6.07, 6.45) is 9.59. The van der Waals surface area contributed by atoms with E-state index >= 15 is 0 Å². The van der Waals surface area contributed by atoms with E-state index < -0.39 is 0 Å². The molecule has 3 heterocycles. The van der Waals surface area contributed by atoms with E-state index in [9.17, 15) is 4.79 Å². The molecule has 5 rings (SSSR count). The molecule has 6 heteroatoms. The van der Waals surface area contributed by atoms with Crippen molar-refractivity contribution >= 4 is 0 Å². The first-order valence-corrected chi connectivity index (χ1v) is 11.2. The van der Waals surface area contributed by atoms with Crippen LogP contribution in [-0.4, -0.2) is 19.4 Å². The van der Waals surface area contributed by atoms with E-state index in [1.54, 1.807) is 0 Å². The number of furan rings is 1. The molecule has 0 amide bonds. The van der Waals surface area contributed by atoms with E-state index in [-0.39, 0.29) is 5.56 Å². The molecule has 6 nitrogen and oxygen atoms in total. The molecule has 4 aromatic rings. The van der Waals surface area contributed by atoms with Crippen molar-refractivity contribution in [3.63, 3.8) is 0 Å². The minimum atomic E-state index is 0.0410. The molecule has 0 atom stereocenters. The SMILES string of the molecule is Cn1ccnc1CN(Cc1ccccc1)Cc1ccc(-c2c[nH]c(=O)c3c2CCCC3)o1. The van der Waals surface area contributed by atoms with Crippen molar-refractivity contribution in [3.05, 3.63) is 99.7 Å². The monoisotopic (exact) mass is 428 g/mol. The number of hydrogen-bond acceptors (Lipinski definition) is 4. The lowest BCUT2D eigenvalue weighted by Gasteiger charge is -2.21. The van der Waals surface area contributed by atoms with E-state index in [0.717, 1.165) is 72.8 Å².